The first-order valence-corrected chi connectivity index (χ1v) is 7.68. The van der Waals surface area contributed by atoms with Crippen LogP contribution in [0.1, 0.15) is 23.6 Å². The number of halogens is 1. The van der Waals surface area contributed by atoms with Gasteiger partial charge < -0.3 is 5.73 Å². The zero-order valence-corrected chi connectivity index (χ0v) is 13.7. The second kappa shape index (κ2) is 6.91. The zero-order valence-electron chi connectivity index (χ0n) is 12.1. The number of nitrogens with two attached hydrogens (primary N) is 1. The molecule has 2 aromatic carbocycles. The Kier molecular flexibility index (Phi) is 5.21. The van der Waals surface area contributed by atoms with E-state index in [1.807, 2.05) is 12.1 Å². The van der Waals surface area contributed by atoms with Crippen LogP contribution in [0.15, 0.2) is 46.9 Å². The summed E-state index contributed by atoms with van der Waals surface area (Å²) in [6.45, 7) is 3.96. The minimum absolute atomic E-state index is 0.840. The van der Waals surface area contributed by atoms with Crippen LogP contribution in [-0.2, 0) is 19.5 Å². The standard InChI is InChI=1S/C17H21BrN2/c1-3-13-4-6-14(7-5-13)11-20(2)12-15-8-9-16(18)10-17(15)19/h4-10H,3,11-12,19H2,1-2H3. The number of nitrogens with zero attached hydrogens (tertiary/aromatic N) is 1. The van der Waals surface area contributed by atoms with E-state index in [1.54, 1.807) is 0 Å². The summed E-state index contributed by atoms with van der Waals surface area (Å²) < 4.78 is 1.02. The molecule has 0 saturated carbocycles. The Hall–Kier alpha value is -1.32. The van der Waals surface area contributed by atoms with Crippen LogP contribution in [0.4, 0.5) is 5.69 Å². The lowest BCUT2D eigenvalue weighted by Gasteiger charge is -2.18. The highest BCUT2D eigenvalue weighted by molar-refractivity contribution is 9.10. The smallest absolute Gasteiger partial charge is 0.0371 e. The van der Waals surface area contributed by atoms with Crippen LogP contribution in [0.25, 0.3) is 0 Å². The van der Waals surface area contributed by atoms with Gasteiger partial charge in [0.25, 0.3) is 0 Å². The largest absolute Gasteiger partial charge is 0.398 e. The van der Waals surface area contributed by atoms with Crippen LogP contribution >= 0.6 is 15.9 Å². The molecule has 2 rings (SSSR count). The van der Waals surface area contributed by atoms with Crippen LogP contribution in [-0.4, -0.2) is 11.9 Å². The van der Waals surface area contributed by atoms with Gasteiger partial charge in [-0.3, -0.25) is 4.90 Å². The Morgan fingerprint density at radius 2 is 1.65 bits per heavy atom. The topological polar surface area (TPSA) is 29.3 Å². The normalized spacial score (nSPS) is 11.0. The minimum atomic E-state index is 0.840. The molecule has 2 N–H and O–H groups in total. The van der Waals surface area contributed by atoms with Crippen molar-refractivity contribution in [1.82, 2.24) is 4.90 Å². The van der Waals surface area contributed by atoms with Gasteiger partial charge in [0.15, 0.2) is 0 Å². The molecule has 0 fully saturated rings. The van der Waals surface area contributed by atoms with Crippen LogP contribution in [0.2, 0.25) is 0 Å². The minimum Gasteiger partial charge on any atom is -0.398 e. The maximum Gasteiger partial charge on any atom is 0.0371 e. The number of nitrogen functional groups attached to an aromatic ring is 1. The lowest BCUT2D eigenvalue weighted by Crippen LogP contribution is -2.18. The van der Waals surface area contributed by atoms with E-state index in [2.05, 4.69) is 65.1 Å². The van der Waals surface area contributed by atoms with E-state index in [0.29, 0.717) is 0 Å². The third-order valence-corrected chi connectivity index (χ3v) is 3.93. The van der Waals surface area contributed by atoms with Gasteiger partial charge in [-0.2, -0.15) is 0 Å². The van der Waals surface area contributed by atoms with Crippen LogP contribution in [0.3, 0.4) is 0 Å². The number of anilines is 1. The average Bonchev–Trinajstić information content (AvgIpc) is 2.43. The van der Waals surface area contributed by atoms with Gasteiger partial charge >= 0.3 is 0 Å². The summed E-state index contributed by atoms with van der Waals surface area (Å²) in [5.74, 6) is 0. The molecular formula is C17H21BrN2. The highest BCUT2D eigenvalue weighted by atomic mass is 79.9. The summed E-state index contributed by atoms with van der Waals surface area (Å²) in [5.41, 5.74) is 10.8. The fourth-order valence-corrected chi connectivity index (χ4v) is 2.63. The monoisotopic (exact) mass is 332 g/mol. The van der Waals surface area contributed by atoms with Crippen molar-refractivity contribution in [2.75, 3.05) is 12.8 Å². The van der Waals surface area contributed by atoms with Gasteiger partial charge in [0, 0.05) is 23.2 Å². The summed E-state index contributed by atoms with van der Waals surface area (Å²) in [6, 6.07) is 14.9. The van der Waals surface area contributed by atoms with Gasteiger partial charge in [-0.25, -0.2) is 0 Å². The third kappa shape index (κ3) is 4.09. The molecule has 0 heterocycles. The Labute approximate surface area is 129 Å². The second-order valence-electron chi connectivity index (χ2n) is 5.19. The average molecular weight is 333 g/mol. The molecule has 20 heavy (non-hydrogen) atoms. The van der Waals surface area contributed by atoms with Crippen molar-refractivity contribution in [1.29, 1.82) is 0 Å². The van der Waals surface area contributed by atoms with Crippen LogP contribution < -0.4 is 5.73 Å². The zero-order chi connectivity index (χ0) is 14.5. The molecule has 0 bridgehead atoms. The molecule has 0 aromatic heterocycles. The molecule has 3 heteroatoms. The Bertz CT molecular complexity index is 564. The molecule has 2 aromatic rings. The molecule has 0 unspecified atom stereocenters. The second-order valence-corrected chi connectivity index (χ2v) is 6.10. The molecular weight excluding hydrogens is 312 g/mol. The number of rotatable bonds is 5. The Morgan fingerprint density at radius 1 is 1.00 bits per heavy atom. The maximum absolute atomic E-state index is 6.04. The van der Waals surface area contributed by atoms with E-state index in [0.717, 1.165) is 29.7 Å². The van der Waals surface area contributed by atoms with Crippen molar-refractivity contribution in [2.24, 2.45) is 0 Å². The van der Waals surface area contributed by atoms with Gasteiger partial charge in [-0.15, -0.1) is 0 Å². The van der Waals surface area contributed by atoms with E-state index in [4.69, 9.17) is 5.73 Å². The summed E-state index contributed by atoms with van der Waals surface area (Å²) in [6.07, 6.45) is 1.09. The SMILES string of the molecule is CCc1ccc(CN(C)Cc2ccc(Br)cc2N)cc1. The first-order valence-electron chi connectivity index (χ1n) is 6.88. The van der Waals surface area contributed by atoms with E-state index in [9.17, 15) is 0 Å². The van der Waals surface area contributed by atoms with Gasteiger partial charge in [-0.05, 0) is 42.3 Å². The van der Waals surface area contributed by atoms with Crippen molar-refractivity contribution in [3.05, 3.63) is 63.6 Å². The molecule has 0 saturated heterocycles. The number of hydrogen-bond acceptors (Lipinski definition) is 2. The molecule has 2 nitrogen and oxygen atoms in total. The Balaban J connectivity index is 1.99. The van der Waals surface area contributed by atoms with Crippen molar-refractivity contribution in [2.45, 2.75) is 26.4 Å². The molecule has 0 atom stereocenters. The van der Waals surface area contributed by atoms with E-state index >= 15 is 0 Å². The van der Waals surface area contributed by atoms with Gasteiger partial charge in [0.1, 0.15) is 0 Å². The third-order valence-electron chi connectivity index (χ3n) is 3.43. The Morgan fingerprint density at radius 3 is 2.25 bits per heavy atom. The highest BCUT2D eigenvalue weighted by Gasteiger charge is 2.05. The van der Waals surface area contributed by atoms with Crippen molar-refractivity contribution < 1.29 is 0 Å². The number of hydrogen-bond donors (Lipinski definition) is 1. The highest BCUT2D eigenvalue weighted by Crippen LogP contribution is 2.20. The maximum atomic E-state index is 6.04. The molecule has 0 aliphatic heterocycles. The first kappa shape index (κ1) is 15.1. The predicted molar refractivity (Wildman–Crippen MR) is 89.5 cm³/mol. The molecule has 0 aliphatic carbocycles. The molecule has 0 aliphatic rings. The van der Waals surface area contributed by atoms with Crippen molar-refractivity contribution >= 4 is 21.6 Å². The summed E-state index contributed by atoms with van der Waals surface area (Å²) in [4.78, 5) is 2.28. The predicted octanol–water partition coefficient (Wildman–Crippen LogP) is 4.23. The summed E-state index contributed by atoms with van der Waals surface area (Å²) in [7, 11) is 2.12. The van der Waals surface area contributed by atoms with Gasteiger partial charge in [0.2, 0.25) is 0 Å². The van der Waals surface area contributed by atoms with Gasteiger partial charge in [-0.1, -0.05) is 53.2 Å². The molecule has 0 amide bonds. The molecule has 0 radical (unpaired) electrons. The quantitative estimate of drug-likeness (QED) is 0.830. The number of aryl methyl sites for hydroxylation is 1. The molecule has 106 valence electrons. The lowest BCUT2D eigenvalue weighted by atomic mass is 10.1. The van der Waals surface area contributed by atoms with Crippen LogP contribution in [0.5, 0.6) is 0 Å². The fraction of sp³-hybridized carbons (Fsp3) is 0.294. The lowest BCUT2D eigenvalue weighted by molar-refractivity contribution is 0.319. The van der Waals surface area contributed by atoms with Gasteiger partial charge in [0.05, 0.1) is 0 Å². The van der Waals surface area contributed by atoms with Crippen molar-refractivity contribution in [3.63, 3.8) is 0 Å². The van der Waals surface area contributed by atoms with E-state index < -0.39 is 0 Å². The summed E-state index contributed by atoms with van der Waals surface area (Å²) >= 11 is 3.44. The van der Waals surface area contributed by atoms with Crippen molar-refractivity contribution in [3.8, 4) is 0 Å². The van der Waals surface area contributed by atoms with Crippen LogP contribution in [0, 0.1) is 0 Å². The van der Waals surface area contributed by atoms with E-state index in [1.165, 1.54) is 16.7 Å². The summed E-state index contributed by atoms with van der Waals surface area (Å²) in [5, 5.41) is 0. The molecule has 0 spiro atoms. The first-order chi connectivity index (χ1) is 9.58. The van der Waals surface area contributed by atoms with E-state index in [-0.39, 0.29) is 0 Å². The fourth-order valence-electron chi connectivity index (χ4n) is 2.25. The number of benzene rings is 2.